The first-order chi connectivity index (χ1) is 12.9. The average molecular weight is 409 g/mol. The molecule has 0 bridgehead atoms. The Morgan fingerprint density at radius 1 is 1.11 bits per heavy atom. The minimum Gasteiger partial charge on any atom is -0.358 e. The van der Waals surface area contributed by atoms with Crippen LogP contribution in [0.2, 0.25) is 10.0 Å². The molecule has 0 aliphatic rings. The first-order valence-corrected chi connectivity index (χ1v) is 8.62. The number of hydrogen-bond donors (Lipinski definition) is 1. The van der Waals surface area contributed by atoms with Crippen LogP contribution < -0.4 is 5.32 Å². The van der Waals surface area contributed by atoms with Gasteiger partial charge in [0.2, 0.25) is 5.91 Å². The van der Waals surface area contributed by atoms with Crippen LogP contribution in [0, 0.1) is 10.1 Å². The number of halogens is 2. The summed E-state index contributed by atoms with van der Waals surface area (Å²) in [5, 5.41) is 22.3. The minimum atomic E-state index is -0.589. The smallest absolute Gasteiger partial charge is 0.358 e. The highest BCUT2D eigenvalue weighted by Gasteiger charge is 2.13. The molecule has 0 saturated heterocycles. The fourth-order valence-corrected chi connectivity index (χ4v) is 2.87. The number of nitrogens with one attached hydrogen (secondary N) is 1. The zero-order chi connectivity index (χ0) is 19.4. The van der Waals surface area contributed by atoms with Crippen molar-refractivity contribution in [1.82, 2.24) is 19.6 Å². The van der Waals surface area contributed by atoms with Crippen LogP contribution in [0.1, 0.15) is 12.0 Å². The quantitative estimate of drug-likeness (QED) is 0.476. The van der Waals surface area contributed by atoms with E-state index in [0.717, 1.165) is 5.56 Å². The van der Waals surface area contributed by atoms with Gasteiger partial charge in [-0.15, -0.1) is 0 Å². The predicted octanol–water partition coefficient (Wildman–Crippen LogP) is 3.37. The second-order valence-corrected chi connectivity index (χ2v) is 6.41. The standard InChI is InChI=1S/C16H14Cl2N6O3/c17-12-2-1-3-13(18)11(12)10-23-7-4-14(20-23)19-16(25)6-9-22-8-5-15(21-22)24(26)27/h1-5,7-8H,6,9-10H2,(H,19,20,25). The highest BCUT2D eigenvalue weighted by atomic mass is 35.5. The van der Waals surface area contributed by atoms with Crippen molar-refractivity contribution in [2.24, 2.45) is 0 Å². The molecule has 0 spiro atoms. The summed E-state index contributed by atoms with van der Waals surface area (Å²) >= 11 is 12.3. The van der Waals surface area contributed by atoms with E-state index in [2.05, 4.69) is 15.5 Å². The van der Waals surface area contributed by atoms with Crippen molar-refractivity contribution in [2.45, 2.75) is 19.5 Å². The third-order valence-electron chi connectivity index (χ3n) is 3.67. The van der Waals surface area contributed by atoms with E-state index in [0.29, 0.717) is 22.4 Å². The molecule has 3 aromatic rings. The van der Waals surface area contributed by atoms with Gasteiger partial charge in [0, 0.05) is 34.3 Å². The zero-order valence-electron chi connectivity index (χ0n) is 13.9. The normalized spacial score (nSPS) is 10.7. The SMILES string of the molecule is O=C(CCn1ccc([N+](=O)[O-])n1)Nc1ccn(Cc2c(Cl)cccc2Cl)n1. The summed E-state index contributed by atoms with van der Waals surface area (Å²) in [4.78, 5) is 22.0. The topological polar surface area (TPSA) is 108 Å². The summed E-state index contributed by atoms with van der Waals surface area (Å²) in [5.41, 5.74) is 0.738. The summed E-state index contributed by atoms with van der Waals surface area (Å²) in [7, 11) is 0. The lowest BCUT2D eigenvalue weighted by molar-refractivity contribution is -0.389. The number of aryl methyl sites for hydroxylation is 1. The maximum atomic E-state index is 12.0. The Hall–Kier alpha value is -2.91. The molecule has 0 fully saturated rings. The lowest BCUT2D eigenvalue weighted by Crippen LogP contribution is -2.15. The Morgan fingerprint density at radius 2 is 1.81 bits per heavy atom. The number of carbonyl (C=O) groups is 1. The molecule has 1 aromatic carbocycles. The highest BCUT2D eigenvalue weighted by molar-refractivity contribution is 6.35. The third kappa shape index (κ3) is 4.83. The van der Waals surface area contributed by atoms with Crippen LogP contribution in [0.4, 0.5) is 11.6 Å². The average Bonchev–Trinajstić information content (AvgIpc) is 3.26. The Bertz CT molecular complexity index is 964. The van der Waals surface area contributed by atoms with Crippen LogP contribution in [0.5, 0.6) is 0 Å². The van der Waals surface area contributed by atoms with E-state index in [1.807, 2.05) is 0 Å². The van der Waals surface area contributed by atoms with Gasteiger partial charge in [-0.1, -0.05) is 29.3 Å². The van der Waals surface area contributed by atoms with E-state index in [9.17, 15) is 14.9 Å². The molecule has 0 radical (unpaired) electrons. The van der Waals surface area contributed by atoms with Crippen molar-refractivity contribution in [3.63, 3.8) is 0 Å². The minimum absolute atomic E-state index is 0.0992. The van der Waals surface area contributed by atoms with Crippen LogP contribution in [-0.2, 0) is 17.9 Å². The van der Waals surface area contributed by atoms with Gasteiger partial charge in [-0.2, -0.15) is 9.78 Å². The van der Waals surface area contributed by atoms with Crippen molar-refractivity contribution in [3.05, 3.63) is 68.4 Å². The number of nitrogens with zero attached hydrogens (tertiary/aromatic N) is 5. The van der Waals surface area contributed by atoms with Gasteiger partial charge in [0.05, 0.1) is 30.5 Å². The number of anilines is 1. The van der Waals surface area contributed by atoms with E-state index in [1.165, 1.54) is 16.9 Å². The lowest BCUT2D eigenvalue weighted by atomic mass is 10.2. The first-order valence-electron chi connectivity index (χ1n) is 7.86. The summed E-state index contributed by atoms with van der Waals surface area (Å²) in [6.45, 7) is 0.584. The van der Waals surface area contributed by atoms with Crippen LogP contribution >= 0.6 is 23.2 Å². The molecule has 2 heterocycles. The first kappa shape index (κ1) is 18.9. The molecular weight excluding hydrogens is 395 g/mol. The van der Waals surface area contributed by atoms with Crippen LogP contribution in [0.25, 0.3) is 0 Å². The van der Waals surface area contributed by atoms with Gasteiger partial charge in [0.25, 0.3) is 0 Å². The van der Waals surface area contributed by atoms with Crippen LogP contribution in [-0.4, -0.2) is 30.4 Å². The molecule has 27 heavy (non-hydrogen) atoms. The molecule has 11 heteroatoms. The largest absolute Gasteiger partial charge is 0.389 e. The van der Waals surface area contributed by atoms with Crippen molar-refractivity contribution < 1.29 is 9.72 Å². The van der Waals surface area contributed by atoms with E-state index in [1.54, 1.807) is 35.1 Å². The van der Waals surface area contributed by atoms with Gasteiger partial charge in [0.1, 0.15) is 0 Å². The van der Waals surface area contributed by atoms with E-state index in [-0.39, 0.29) is 24.7 Å². The molecule has 0 unspecified atom stereocenters. The number of nitro groups is 1. The van der Waals surface area contributed by atoms with Crippen molar-refractivity contribution in [2.75, 3.05) is 5.32 Å². The molecule has 1 N–H and O–H groups in total. The van der Waals surface area contributed by atoms with Gasteiger partial charge < -0.3 is 15.4 Å². The molecule has 0 aliphatic heterocycles. The molecule has 0 aliphatic carbocycles. The second-order valence-electron chi connectivity index (χ2n) is 5.59. The number of amides is 1. The van der Waals surface area contributed by atoms with E-state index >= 15 is 0 Å². The van der Waals surface area contributed by atoms with Crippen LogP contribution in [0.3, 0.4) is 0 Å². The predicted molar refractivity (Wildman–Crippen MR) is 99.9 cm³/mol. The molecule has 3 rings (SSSR count). The van der Waals surface area contributed by atoms with Gasteiger partial charge >= 0.3 is 5.82 Å². The molecule has 9 nitrogen and oxygen atoms in total. The van der Waals surface area contributed by atoms with E-state index in [4.69, 9.17) is 23.2 Å². The summed E-state index contributed by atoms with van der Waals surface area (Å²) < 4.78 is 2.95. The Morgan fingerprint density at radius 3 is 2.48 bits per heavy atom. The maximum absolute atomic E-state index is 12.0. The summed E-state index contributed by atoms with van der Waals surface area (Å²) in [6, 6.07) is 8.18. The zero-order valence-corrected chi connectivity index (χ0v) is 15.4. The number of rotatable bonds is 7. The second kappa shape index (κ2) is 8.19. The Labute approximate surface area is 163 Å². The third-order valence-corrected chi connectivity index (χ3v) is 4.38. The van der Waals surface area contributed by atoms with Gasteiger partial charge in [-0.25, -0.2) is 0 Å². The number of carbonyl (C=O) groups excluding carboxylic acids is 1. The highest BCUT2D eigenvalue weighted by Crippen LogP contribution is 2.25. The molecule has 140 valence electrons. The van der Waals surface area contributed by atoms with Gasteiger partial charge in [0.15, 0.2) is 5.82 Å². The number of benzene rings is 1. The molecule has 0 atom stereocenters. The summed E-state index contributed by atoms with van der Waals surface area (Å²) in [5.74, 6) is -0.156. The monoisotopic (exact) mass is 408 g/mol. The molecular formula is C16H14Cl2N6O3. The molecule has 0 saturated carbocycles. The number of hydrogen-bond acceptors (Lipinski definition) is 5. The van der Waals surface area contributed by atoms with Crippen molar-refractivity contribution >= 4 is 40.7 Å². The van der Waals surface area contributed by atoms with Crippen molar-refractivity contribution in [1.29, 1.82) is 0 Å². The molecule has 2 aromatic heterocycles. The lowest BCUT2D eigenvalue weighted by Gasteiger charge is -2.07. The Kier molecular flexibility index (Phi) is 5.72. The summed E-state index contributed by atoms with van der Waals surface area (Å²) in [6.07, 6.45) is 3.25. The van der Waals surface area contributed by atoms with Crippen molar-refractivity contribution in [3.8, 4) is 0 Å². The van der Waals surface area contributed by atoms with Gasteiger partial charge in [-0.05, 0) is 17.1 Å². The fourth-order valence-electron chi connectivity index (χ4n) is 2.36. The van der Waals surface area contributed by atoms with Crippen LogP contribution in [0.15, 0.2) is 42.7 Å². The fraction of sp³-hybridized carbons (Fsp3) is 0.188. The Balaban J connectivity index is 1.55. The number of aromatic nitrogens is 4. The molecule has 1 amide bonds. The van der Waals surface area contributed by atoms with Gasteiger partial charge in [-0.3, -0.25) is 9.48 Å². The van der Waals surface area contributed by atoms with E-state index < -0.39 is 4.92 Å². The maximum Gasteiger partial charge on any atom is 0.389 e.